The van der Waals surface area contributed by atoms with E-state index in [1.807, 2.05) is 0 Å². The Labute approximate surface area is 99.9 Å². The quantitative estimate of drug-likeness (QED) is 0.592. The van der Waals surface area contributed by atoms with Crippen molar-refractivity contribution in [2.24, 2.45) is 5.73 Å². The second-order valence-electron chi connectivity index (χ2n) is 4.93. The summed E-state index contributed by atoms with van der Waals surface area (Å²) in [5.74, 6) is 0.359. The van der Waals surface area contributed by atoms with Gasteiger partial charge in [0.15, 0.2) is 9.84 Å². The van der Waals surface area contributed by atoms with Gasteiger partial charge in [0.25, 0.3) is 0 Å². The first-order valence-corrected chi connectivity index (χ1v) is 7.58. The van der Waals surface area contributed by atoms with E-state index in [1.165, 1.54) is 0 Å². The van der Waals surface area contributed by atoms with Gasteiger partial charge in [-0.05, 0) is 6.42 Å². The maximum absolute atomic E-state index is 11.7. The summed E-state index contributed by atoms with van der Waals surface area (Å²) in [7, 11) is -2.96. The van der Waals surface area contributed by atoms with Crippen molar-refractivity contribution in [2.45, 2.75) is 24.4 Å². The first-order chi connectivity index (χ1) is 8.05. The Balaban J connectivity index is 2.06. The second-order valence-corrected chi connectivity index (χ2v) is 7.12. The van der Waals surface area contributed by atoms with Crippen LogP contribution in [0.4, 0.5) is 0 Å². The van der Waals surface area contributed by atoms with Crippen molar-refractivity contribution in [2.75, 3.05) is 18.1 Å². The minimum Gasteiger partial charge on any atom is -0.348 e. The summed E-state index contributed by atoms with van der Waals surface area (Å²) < 4.78 is 23.4. The monoisotopic (exact) mass is 256 g/mol. The summed E-state index contributed by atoms with van der Waals surface area (Å²) in [6.45, 7) is 0.500. The number of fused-ring (bicyclic) bond motifs is 2. The average molecular weight is 256 g/mol. The number of sulfone groups is 1. The van der Waals surface area contributed by atoms with Crippen LogP contribution < -0.4 is 11.1 Å². The van der Waals surface area contributed by atoms with Gasteiger partial charge < -0.3 is 16.0 Å². The molecule has 3 heterocycles. The Morgan fingerprint density at radius 1 is 1.59 bits per heavy atom. The first kappa shape index (κ1) is 11.2. The lowest BCUT2D eigenvalue weighted by Crippen LogP contribution is -2.56. The minimum atomic E-state index is -2.96. The van der Waals surface area contributed by atoms with E-state index in [2.05, 4.69) is 15.3 Å². The number of aromatic nitrogens is 2. The van der Waals surface area contributed by atoms with E-state index in [-0.39, 0.29) is 17.5 Å². The van der Waals surface area contributed by atoms with E-state index in [4.69, 9.17) is 5.73 Å². The van der Waals surface area contributed by atoms with Crippen molar-refractivity contribution in [1.82, 2.24) is 15.3 Å². The molecule has 2 aliphatic rings. The summed E-state index contributed by atoms with van der Waals surface area (Å²) in [4.78, 5) is 7.40. The zero-order valence-electron chi connectivity index (χ0n) is 9.44. The van der Waals surface area contributed by atoms with E-state index >= 15 is 0 Å². The smallest absolute Gasteiger partial charge is 0.152 e. The zero-order chi connectivity index (χ0) is 12.1. The summed E-state index contributed by atoms with van der Waals surface area (Å²) in [5, 5.41) is 3.39. The molecule has 1 aromatic rings. The van der Waals surface area contributed by atoms with Crippen molar-refractivity contribution in [3.8, 4) is 0 Å². The summed E-state index contributed by atoms with van der Waals surface area (Å²) in [6.07, 6.45) is 3.01. The maximum atomic E-state index is 11.7. The van der Waals surface area contributed by atoms with Gasteiger partial charge in [-0.15, -0.1) is 0 Å². The molecule has 6 nitrogen and oxygen atoms in total. The van der Waals surface area contributed by atoms with Gasteiger partial charge in [-0.2, -0.15) is 0 Å². The van der Waals surface area contributed by atoms with Gasteiger partial charge in [-0.3, -0.25) is 0 Å². The number of nitrogens with one attached hydrogen (secondary N) is 2. The molecule has 7 heteroatoms. The highest BCUT2D eigenvalue weighted by atomic mass is 32.2. The summed E-state index contributed by atoms with van der Waals surface area (Å²) >= 11 is 0. The lowest BCUT2D eigenvalue weighted by molar-refractivity contribution is 0.289. The van der Waals surface area contributed by atoms with Crippen LogP contribution in [0.1, 0.15) is 17.8 Å². The van der Waals surface area contributed by atoms with Gasteiger partial charge in [0, 0.05) is 24.7 Å². The number of hydrogen-bond donors (Lipinski definition) is 3. The fourth-order valence-electron chi connectivity index (χ4n) is 2.94. The molecule has 17 heavy (non-hydrogen) atoms. The van der Waals surface area contributed by atoms with Gasteiger partial charge in [0.05, 0.1) is 29.1 Å². The fourth-order valence-corrected chi connectivity index (χ4v) is 4.86. The highest BCUT2D eigenvalue weighted by Gasteiger charge is 2.49. The summed E-state index contributed by atoms with van der Waals surface area (Å²) in [5.41, 5.74) is 7.07. The molecule has 0 radical (unpaired) electrons. The third kappa shape index (κ3) is 1.69. The number of aromatic amines is 1. The van der Waals surface area contributed by atoms with Crippen LogP contribution in [-0.4, -0.2) is 42.5 Å². The van der Waals surface area contributed by atoms with Gasteiger partial charge in [-0.1, -0.05) is 0 Å². The molecular formula is C10H16N4O2S. The Hall–Kier alpha value is -0.920. The van der Waals surface area contributed by atoms with E-state index in [9.17, 15) is 8.42 Å². The fraction of sp³-hybridized carbons (Fsp3) is 0.700. The number of H-pyrrole nitrogens is 1. The zero-order valence-corrected chi connectivity index (χ0v) is 10.3. The van der Waals surface area contributed by atoms with E-state index < -0.39 is 15.4 Å². The second kappa shape index (κ2) is 3.54. The van der Waals surface area contributed by atoms with Crippen molar-refractivity contribution in [3.05, 3.63) is 17.7 Å². The lowest BCUT2D eigenvalue weighted by atomic mass is 9.86. The highest BCUT2D eigenvalue weighted by Crippen LogP contribution is 2.37. The largest absolute Gasteiger partial charge is 0.348 e. The molecule has 0 aliphatic carbocycles. The first-order valence-electron chi connectivity index (χ1n) is 5.76. The van der Waals surface area contributed by atoms with E-state index in [0.29, 0.717) is 13.0 Å². The molecule has 0 amide bonds. The molecule has 1 fully saturated rings. The maximum Gasteiger partial charge on any atom is 0.152 e. The molecule has 3 rings (SSSR count). The molecule has 0 aromatic carbocycles. The molecule has 1 saturated heterocycles. The molecule has 2 unspecified atom stereocenters. The molecule has 2 atom stereocenters. The molecule has 2 aliphatic heterocycles. The van der Waals surface area contributed by atoms with Crippen LogP contribution in [0.3, 0.4) is 0 Å². The summed E-state index contributed by atoms with van der Waals surface area (Å²) in [6, 6.07) is 0.122. The van der Waals surface area contributed by atoms with E-state index in [1.54, 1.807) is 6.33 Å². The predicted octanol–water partition coefficient (Wildman–Crippen LogP) is -1.10. The normalized spacial score (nSPS) is 35.0. The van der Waals surface area contributed by atoms with Crippen LogP contribution in [-0.2, 0) is 21.8 Å². The standard InChI is InChI=1S/C10H16N4O2S/c11-4-7-3-8-9(13-6-12-8)10(14-7)1-2-17(15,16)5-10/h6-7,14H,1-5,11H2,(H,12,13). The van der Waals surface area contributed by atoms with Crippen molar-refractivity contribution in [3.63, 3.8) is 0 Å². The van der Waals surface area contributed by atoms with Crippen LogP contribution >= 0.6 is 0 Å². The number of nitrogens with zero attached hydrogens (tertiary/aromatic N) is 1. The third-order valence-corrected chi connectivity index (χ3v) is 5.45. The number of nitrogens with two attached hydrogens (primary N) is 1. The van der Waals surface area contributed by atoms with Gasteiger partial charge >= 0.3 is 0 Å². The molecule has 94 valence electrons. The Morgan fingerprint density at radius 3 is 3.06 bits per heavy atom. The molecule has 0 bridgehead atoms. The predicted molar refractivity (Wildman–Crippen MR) is 63.2 cm³/mol. The molecule has 4 N–H and O–H groups in total. The Morgan fingerprint density at radius 2 is 2.41 bits per heavy atom. The van der Waals surface area contributed by atoms with Crippen LogP contribution in [0.25, 0.3) is 0 Å². The molecule has 0 saturated carbocycles. The SMILES string of the molecule is NCC1Cc2[nH]cnc2C2(CCS(=O)(=O)C2)N1. The Kier molecular flexibility index (Phi) is 2.33. The molecule has 1 spiro atoms. The van der Waals surface area contributed by atoms with Crippen molar-refractivity contribution < 1.29 is 8.42 Å². The van der Waals surface area contributed by atoms with Gasteiger partial charge in [0.2, 0.25) is 0 Å². The van der Waals surface area contributed by atoms with Crippen LogP contribution in [0.2, 0.25) is 0 Å². The third-order valence-electron chi connectivity index (χ3n) is 3.69. The lowest BCUT2D eigenvalue weighted by Gasteiger charge is -2.37. The van der Waals surface area contributed by atoms with Crippen molar-refractivity contribution >= 4 is 9.84 Å². The van der Waals surface area contributed by atoms with Gasteiger partial charge in [0.1, 0.15) is 0 Å². The molecule has 1 aromatic heterocycles. The van der Waals surface area contributed by atoms with Crippen LogP contribution in [0.15, 0.2) is 6.33 Å². The number of rotatable bonds is 1. The van der Waals surface area contributed by atoms with Gasteiger partial charge in [-0.25, -0.2) is 13.4 Å². The highest BCUT2D eigenvalue weighted by molar-refractivity contribution is 7.91. The molecular weight excluding hydrogens is 240 g/mol. The van der Waals surface area contributed by atoms with Crippen LogP contribution in [0, 0.1) is 0 Å². The Bertz CT molecular complexity index is 538. The number of hydrogen-bond acceptors (Lipinski definition) is 5. The van der Waals surface area contributed by atoms with Crippen LogP contribution in [0.5, 0.6) is 0 Å². The van der Waals surface area contributed by atoms with E-state index in [0.717, 1.165) is 17.8 Å². The number of imidazole rings is 1. The topological polar surface area (TPSA) is 101 Å². The average Bonchev–Trinajstić information content (AvgIpc) is 2.84. The van der Waals surface area contributed by atoms with Crippen molar-refractivity contribution in [1.29, 1.82) is 0 Å². The minimum absolute atomic E-state index is 0.122.